The first-order valence-corrected chi connectivity index (χ1v) is 10.3. The number of hydrogen-bond donors (Lipinski definition) is 1. The van der Waals surface area contributed by atoms with Gasteiger partial charge in [0.25, 0.3) is 5.91 Å². The molecule has 0 aliphatic carbocycles. The third kappa shape index (κ3) is 4.43. The number of hydrogen-bond acceptors (Lipinski definition) is 6. The fourth-order valence-electron chi connectivity index (χ4n) is 3.69. The predicted octanol–water partition coefficient (Wildman–Crippen LogP) is 3.07. The summed E-state index contributed by atoms with van der Waals surface area (Å²) in [4.78, 5) is 29.7. The number of nitrogens with zero attached hydrogens (tertiary/aromatic N) is 2. The number of halogens is 1. The summed E-state index contributed by atoms with van der Waals surface area (Å²) < 4.78 is 11.5. The summed E-state index contributed by atoms with van der Waals surface area (Å²) in [6, 6.07) is 9.73. The van der Waals surface area contributed by atoms with Gasteiger partial charge in [-0.1, -0.05) is 11.6 Å². The third-order valence-corrected chi connectivity index (χ3v) is 5.67. The molecule has 2 aromatic heterocycles. The first-order chi connectivity index (χ1) is 14.4. The molecule has 1 saturated heterocycles. The van der Waals surface area contributed by atoms with Crippen molar-refractivity contribution in [2.24, 2.45) is 0 Å². The lowest BCUT2D eigenvalue weighted by Crippen LogP contribution is -2.48. The predicted molar refractivity (Wildman–Crippen MR) is 115 cm³/mol. The lowest BCUT2D eigenvalue weighted by Gasteiger charge is -2.37. The van der Waals surface area contributed by atoms with Gasteiger partial charge in [0.1, 0.15) is 17.1 Å². The van der Waals surface area contributed by atoms with Crippen molar-refractivity contribution < 1.29 is 13.6 Å². The zero-order chi connectivity index (χ0) is 21.3. The number of nitrogens with one attached hydrogen (secondary N) is 1. The van der Waals surface area contributed by atoms with Gasteiger partial charge >= 0.3 is 0 Å². The van der Waals surface area contributed by atoms with Crippen LogP contribution in [0.3, 0.4) is 0 Å². The average Bonchev–Trinajstić information content (AvgIpc) is 3.15. The Kier molecular flexibility index (Phi) is 5.94. The fraction of sp³-hybridized carbons (Fsp3) is 0.364. The zero-order valence-electron chi connectivity index (χ0n) is 17.0. The maximum Gasteiger partial charge on any atom is 0.287 e. The highest BCUT2D eigenvalue weighted by Gasteiger charge is 2.27. The summed E-state index contributed by atoms with van der Waals surface area (Å²) in [5.41, 5.74) is 0.0236. The molecule has 3 heterocycles. The van der Waals surface area contributed by atoms with E-state index in [0.717, 1.165) is 37.7 Å². The van der Waals surface area contributed by atoms with E-state index in [0.29, 0.717) is 22.5 Å². The second-order valence-electron chi connectivity index (χ2n) is 7.63. The Balaban J connectivity index is 1.53. The summed E-state index contributed by atoms with van der Waals surface area (Å²) in [6.07, 6.45) is 0. The number of fused-ring (bicyclic) bond motifs is 1. The van der Waals surface area contributed by atoms with Crippen LogP contribution in [0, 0.1) is 6.92 Å². The molecule has 1 amide bonds. The van der Waals surface area contributed by atoms with Crippen LogP contribution in [0.25, 0.3) is 11.0 Å². The van der Waals surface area contributed by atoms with Crippen LogP contribution in [0.2, 0.25) is 5.02 Å². The molecular weight excluding hydrogens is 406 g/mol. The SMILES string of the molecule is Cc1ccc(C(CNC(=O)c2cc(=O)c3cc(Cl)ccc3o2)N2CCN(C)CC2)o1. The van der Waals surface area contributed by atoms with Gasteiger partial charge in [-0.05, 0) is 44.3 Å². The molecule has 1 N–H and O–H groups in total. The van der Waals surface area contributed by atoms with Gasteiger partial charge in [-0.25, -0.2) is 0 Å². The molecule has 1 aliphatic heterocycles. The number of likely N-dealkylation sites (N-methyl/N-ethyl adjacent to an activating group) is 1. The number of furan rings is 1. The molecular formula is C22H24ClN3O4. The molecule has 1 atom stereocenters. The summed E-state index contributed by atoms with van der Waals surface area (Å²) in [6.45, 7) is 5.90. The van der Waals surface area contributed by atoms with E-state index in [1.807, 2.05) is 19.1 Å². The van der Waals surface area contributed by atoms with Crippen LogP contribution in [0.15, 0.2) is 50.0 Å². The highest BCUT2D eigenvalue weighted by Crippen LogP contribution is 2.24. The molecule has 1 fully saturated rings. The molecule has 0 bridgehead atoms. The minimum atomic E-state index is -0.439. The van der Waals surface area contributed by atoms with Crippen molar-refractivity contribution in [1.82, 2.24) is 15.1 Å². The molecule has 0 radical (unpaired) electrons. The van der Waals surface area contributed by atoms with E-state index < -0.39 is 5.91 Å². The molecule has 4 rings (SSSR count). The number of benzene rings is 1. The van der Waals surface area contributed by atoms with Gasteiger partial charge in [-0.15, -0.1) is 0 Å². The molecule has 30 heavy (non-hydrogen) atoms. The molecule has 0 saturated carbocycles. The van der Waals surface area contributed by atoms with Crippen molar-refractivity contribution in [3.8, 4) is 0 Å². The molecule has 158 valence electrons. The Bertz CT molecular complexity index is 1120. The van der Waals surface area contributed by atoms with Crippen LogP contribution in [-0.4, -0.2) is 55.5 Å². The first-order valence-electron chi connectivity index (χ1n) is 9.91. The van der Waals surface area contributed by atoms with Crippen molar-refractivity contribution >= 4 is 28.5 Å². The monoisotopic (exact) mass is 429 g/mol. The van der Waals surface area contributed by atoms with E-state index in [2.05, 4.69) is 22.2 Å². The Morgan fingerprint density at radius 1 is 1.13 bits per heavy atom. The fourth-order valence-corrected chi connectivity index (χ4v) is 3.86. The van der Waals surface area contributed by atoms with Crippen LogP contribution in [0.5, 0.6) is 0 Å². The van der Waals surface area contributed by atoms with E-state index in [-0.39, 0.29) is 17.2 Å². The molecule has 1 aromatic carbocycles. The minimum Gasteiger partial charge on any atom is -0.465 e. The van der Waals surface area contributed by atoms with Gasteiger partial charge in [0.05, 0.1) is 11.4 Å². The molecule has 1 aliphatic rings. The van der Waals surface area contributed by atoms with Gasteiger partial charge < -0.3 is 19.1 Å². The highest BCUT2D eigenvalue weighted by molar-refractivity contribution is 6.31. The zero-order valence-corrected chi connectivity index (χ0v) is 17.7. The Labute approximate surface area is 179 Å². The second kappa shape index (κ2) is 8.63. The first kappa shape index (κ1) is 20.7. The van der Waals surface area contributed by atoms with Gasteiger partial charge in [0.15, 0.2) is 11.2 Å². The van der Waals surface area contributed by atoms with Crippen molar-refractivity contribution in [1.29, 1.82) is 0 Å². The summed E-state index contributed by atoms with van der Waals surface area (Å²) in [7, 11) is 2.10. The van der Waals surface area contributed by atoms with Crippen molar-refractivity contribution in [3.63, 3.8) is 0 Å². The molecule has 0 spiro atoms. The number of piperazine rings is 1. The van der Waals surface area contributed by atoms with Crippen LogP contribution in [0.1, 0.15) is 28.1 Å². The van der Waals surface area contributed by atoms with Crippen LogP contribution in [0.4, 0.5) is 0 Å². The number of carbonyl (C=O) groups is 1. The van der Waals surface area contributed by atoms with Gasteiger partial charge in [0, 0.05) is 43.8 Å². The lowest BCUT2D eigenvalue weighted by molar-refractivity contribution is 0.0830. The van der Waals surface area contributed by atoms with Crippen LogP contribution in [-0.2, 0) is 0 Å². The summed E-state index contributed by atoms with van der Waals surface area (Å²) >= 11 is 5.94. The van der Waals surface area contributed by atoms with E-state index in [1.165, 1.54) is 12.1 Å². The van der Waals surface area contributed by atoms with E-state index in [4.69, 9.17) is 20.4 Å². The number of amides is 1. The van der Waals surface area contributed by atoms with E-state index in [9.17, 15) is 9.59 Å². The Morgan fingerprint density at radius 2 is 1.90 bits per heavy atom. The lowest BCUT2D eigenvalue weighted by atomic mass is 10.1. The van der Waals surface area contributed by atoms with Gasteiger partial charge in [-0.2, -0.15) is 0 Å². The highest BCUT2D eigenvalue weighted by atomic mass is 35.5. The maximum absolute atomic E-state index is 12.8. The van der Waals surface area contributed by atoms with E-state index in [1.54, 1.807) is 12.1 Å². The smallest absolute Gasteiger partial charge is 0.287 e. The number of rotatable bonds is 5. The van der Waals surface area contributed by atoms with Crippen molar-refractivity contribution in [2.75, 3.05) is 39.8 Å². The number of aryl methyl sites for hydroxylation is 1. The third-order valence-electron chi connectivity index (χ3n) is 5.44. The normalized spacial score (nSPS) is 16.6. The van der Waals surface area contributed by atoms with Crippen molar-refractivity contribution in [3.05, 3.63) is 68.9 Å². The Hall–Kier alpha value is -2.61. The molecule has 8 heteroatoms. The van der Waals surface area contributed by atoms with Gasteiger partial charge in [-0.3, -0.25) is 14.5 Å². The number of carbonyl (C=O) groups excluding carboxylic acids is 1. The maximum atomic E-state index is 12.8. The van der Waals surface area contributed by atoms with Crippen molar-refractivity contribution in [2.45, 2.75) is 13.0 Å². The molecule has 7 nitrogen and oxygen atoms in total. The minimum absolute atomic E-state index is 0.0254. The Morgan fingerprint density at radius 3 is 2.60 bits per heavy atom. The van der Waals surface area contributed by atoms with Gasteiger partial charge in [0.2, 0.25) is 0 Å². The second-order valence-corrected chi connectivity index (χ2v) is 8.07. The van der Waals surface area contributed by atoms with E-state index >= 15 is 0 Å². The summed E-state index contributed by atoms with van der Waals surface area (Å²) in [5, 5.41) is 3.69. The topological polar surface area (TPSA) is 78.9 Å². The average molecular weight is 430 g/mol. The molecule has 1 unspecified atom stereocenters. The largest absolute Gasteiger partial charge is 0.465 e. The van der Waals surface area contributed by atoms with Crippen LogP contribution < -0.4 is 10.7 Å². The molecule has 3 aromatic rings. The summed E-state index contributed by atoms with van der Waals surface area (Å²) in [5.74, 6) is 1.18. The quantitative estimate of drug-likeness (QED) is 0.671. The standard InChI is InChI=1S/C22H24ClN3O4/c1-14-3-5-20(29-14)17(26-9-7-25(2)8-10-26)13-24-22(28)21-12-18(27)16-11-15(23)4-6-19(16)30-21/h3-6,11-12,17H,7-10,13H2,1-2H3,(H,24,28). The van der Waals surface area contributed by atoms with Crippen LogP contribution >= 0.6 is 11.6 Å².